The maximum Gasteiger partial charge on any atom is 0.407 e. The molecule has 14 nitrogen and oxygen atoms in total. The molecule has 2 aromatic carbocycles. The van der Waals surface area contributed by atoms with Crippen LogP contribution in [0.1, 0.15) is 49.1 Å². The van der Waals surface area contributed by atoms with Crippen LogP contribution in [0.2, 0.25) is 0 Å². The standard InChI is InChI=1S/C38H51N3O11/c1-2-18-47-22-23-48-19-14-35(42)41-34(37(45)39-17-21-50-25-27-51-26-24-49-20-15-36(43)44)13-7-8-16-40-38(46)52-28-33-31-11-5-3-9-29(31)30-10-4-6-12-32(30)33/h1,3-6,9-12,33-34H,7-8,13-28H2,(H,39,45)(H,40,46)(H,41,42)(H,43,44). The highest BCUT2D eigenvalue weighted by Gasteiger charge is 2.29. The van der Waals surface area contributed by atoms with E-state index in [0.717, 1.165) is 22.3 Å². The summed E-state index contributed by atoms with van der Waals surface area (Å²) in [7, 11) is 0. The summed E-state index contributed by atoms with van der Waals surface area (Å²) in [6.07, 6.45) is 6.11. The molecular formula is C38H51N3O11. The monoisotopic (exact) mass is 725 g/mol. The maximum atomic E-state index is 13.0. The number of carboxylic acids is 1. The highest BCUT2D eigenvalue weighted by molar-refractivity contribution is 5.87. The van der Waals surface area contributed by atoms with E-state index in [1.807, 2.05) is 24.3 Å². The molecular weight excluding hydrogens is 674 g/mol. The van der Waals surface area contributed by atoms with Gasteiger partial charge in [-0.05, 0) is 41.5 Å². The van der Waals surface area contributed by atoms with Crippen LogP contribution in [0.3, 0.4) is 0 Å². The minimum atomic E-state index is -0.917. The average Bonchev–Trinajstić information content (AvgIpc) is 3.46. The second kappa shape index (κ2) is 25.4. The largest absolute Gasteiger partial charge is 0.481 e. The molecule has 0 bridgehead atoms. The van der Waals surface area contributed by atoms with Crippen molar-refractivity contribution in [1.82, 2.24) is 16.0 Å². The molecule has 3 amide bonds. The summed E-state index contributed by atoms with van der Waals surface area (Å²) in [6.45, 7) is 3.34. The van der Waals surface area contributed by atoms with Gasteiger partial charge < -0.3 is 49.5 Å². The topological polar surface area (TPSA) is 180 Å². The SMILES string of the molecule is C#CCOCCOCCC(=O)NC(CCCCNC(=O)OCC1c2ccccc2-c2ccccc21)C(=O)NCCOCCOCCOCCC(=O)O. The summed E-state index contributed by atoms with van der Waals surface area (Å²) in [5.41, 5.74) is 4.59. The second-order valence-electron chi connectivity index (χ2n) is 11.8. The van der Waals surface area contributed by atoms with Crippen LogP contribution in [0.15, 0.2) is 48.5 Å². The third-order valence-electron chi connectivity index (χ3n) is 7.97. The second-order valence-corrected chi connectivity index (χ2v) is 11.8. The van der Waals surface area contributed by atoms with Gasteiger partial charge in [0.25, 0.3) is 0 Å². The number of fused-ring (bicyclic) bond motifs is 3. The van der Waals surface area contributed by atoms with Crippen LogP contribution >= 0.6 is 0 Å². The third-order valence-corrected chi connectivity index (χ3v) is 7.97. The zero-order valence-corrected chi connectivity index (χ0v) is 29.6. The molecule has 284 valence electrons. The molecule has 14 heteroatoms. The fraction of sp³-hybridized carbons (Fsp3) is 0.526. The maximum absolute atomic E-state index is 13.0. The van der Waals surface area contributed by atoms with Crippen LogP contribution < -0.4 is 16.0 Å². The van der Waals surface area contributed by atoms with Gasteiger partial charge in [0, 0.05) is 25.4 Å². The minimum absolute atomic E-state index is 0.0323. The molecule has 4 N–H and O–H groups in total. The molecule has 0 aromatic heterocycles. The van der Waals surface area contributed by atoms with E-state index in [-0.39, 0.29) is 76.8 Å². The molecule has 1 aliphatic rings. The number of terminal acetylenes is 1. The summed E-state index contributed by atoms with van der Waals surface area (Å²) in [4.78, 5) is 48.6. The van der Waals surface area contributed by atoms with E-state index in [1.54, 1.807) is 0 Å². The first-order valence-electron chi connectivity index (χ1n) is 17.6. The number of benzene rings is 2. The third kappa shape index (κ3) is 16.2. The van der Waals surface area contributed by atoms with Crippen LogP contribution in [-0.4, -0.2) is 121 Å². The smallest absolute Gasteiger partial charge is 0.407 e. The first kappa shape index (κ1) is 41.9. The number of rotatable bonds is 28. The molecule has 1 aliphatic carbocycles. The quantitative estimate of drug-likeness (QED) is 0.0749. The lowest BCUT2D eigenvalue weighted by Crippen LogP contribution is -2.47. The normalized spacial score (nSPS) is 12.3. The predicted molar refractivity (Wildman–Crippen MR) is 192 cm³/mol. The molecule has 3 rings (SSSR count). The van der Waals surface area contributed by atoms with E-state index in [9.17, 15) is 19.2 Å². The van der Waals surface area contributed by atoms with Gasteiger partial charge in [0.1, 0.15) is 19.3 Å². The lowest BCUT2D eigenvalue weighted by atomic mass is 9.98. The van der Waals surface area contributed by atoms with Crippen molar-refractivity contribution in [2.75, 3.05) is 85.8 Å². The number of hydrogen-bond acceptors (Lipinski definition) is 10. The van der Waals surface area contributed by atoms with Gasteiger partial charge in [-0.3, -0.25) is 14.4 Å². The highest BCUT2D eigenvalue weighted by atomic mass is 16.6. The van der Waals surface area contributed by atoms with Crippen molar-refractivity contribution >= 4 is 23.9 Å². The molecule has 0 spiro atoms. The van der Waals surface area contributed by atoms with Crippen molar-refractivity contribution in [1.29, 1.82) is 0 Å². The van der Waals surface area contributed by atoms with E-state index in [0.29, 0.717) is 58.8 Å². The molecule has 0 fully saturated rings. The number of hydrogen-bond donors (Lipinski definition) is 4. The first-order valence-corrected chi connectivity index (χ1v) is 17.6. The van der Waals surface area contributed by atoms with Crippen molar-refractivity contribution < 1.29 is 52.7 Å². The summed E-state index contributed by atoms with van der Waals surface area (Å²) in [6, 6.07) is 15.5. The Labute approximate surface area is 305 Å². The Hall–Kier alpha value is -4.52. The van der Waals surface area contributed by atoms with Gasteiger partial charge in [0.15, 0.2) is 0 Å². The van der Waals surface area contributed by atoms with Gasteiger partial charge in [-0.25, -0.2) is 4.79 Å². The molecule has 0 radical (unpaired) electrons. The van der Waals surface area contributed by atoms with Gasteiger partial charge >= 0.3 is 12.1 Å². The summed E-state index contributed by atoms with van der Waals surface area (Å²) in [5.74, 6) is 0.735. The van der Waals surface area contributed by atoms with Gasteiger partial charge in [0.2, 0.25) is 11.8 Å². The fourth-order valence-corrected chi connectivity index (χ4v) is 5.44. The molecule has 1 atom stereocenters. The Kier molecular flexibility index (Phi) is 20.5. The van der Waals surface area contributed by atoms with Crippen LogP contribution in [0.25, 0.3) is 11.1 Å². The molecule has 2 aromatic rings. The van der Waals surface area contributed by atoms with Crippen molar-refractivity contribution in [3.63, 3.8) is 0 Å². The van der Waals surface area contributed by atoms with Gasteiger partial charge in [-0.1, -0.05) is 54.5 Å². The van der Waals surface area contributed by atoms with Crippen LogP contribution in [-0.2, 0) is 42.8 Å². The summed E-state index contributed by atoms with van der Waals surface area (Å²) >= 11 is 0. The zero-order chi connectivity index (χ0) is 37.2. The lowest BCUT2D eigenvalue weighted by molar-refractivity contribution is -0.138. The number of unbranched alkanes of at least 4 members (excludes halogenated alkanes) is 1. The number of nitrogens with one attached hydrogen (secondary N) is 3. The number of carbonyl (C=O) groups is 4. The number of ether oxygens (including phenoxy) is 6. The molecule has 0 saturated heterocycles. The van der Waals surface area contributed by atoms with Gasteiger partial charge in [-0.2, -0.15) is 0 Å². The minimum Gasteiger partial charge on any atom is -0.481 e. The number of carbonyl (C=O) groups excluding carboxylic acids is 3. The Bertz CT molecular complexity index is 1390. The highest BCUT2D eigenvalue weighted by Crippen LogP contribution is 2.44. The van der Waals surface area contributed by atoms with Gasteiger partial charge in [0.05, 0.1) is 65.9 Å². The Morgan fingerprint density at radius 3 is 1.92 bits per heavy atom. The first-order chi connectivity index (χ1) is 25.4. The number of aliphatic carboxylic acids is 1. The fourth-order valence-electron chi connectivity index (χ4n) is 5.44. The number of carboxylic acid groups (broad SMARTS) is 1. The molecule has 0 saturated carbocycles. The number of amides is 3. The van der Waals surface area contributed by atoms with E-state index in [2.05, 4.69) is 46.1 Å². The van der Waals surface area contributed by atoms with E-state index in [4.69, 9.17) is 40.0 Å². The molecule has 0 aliphatic heterocycles. The van der Waals surface area contributed by atoms with Crippen LogP contribution in [0.4, 0.5) is 4.79 Å². The van der Waals surface area contributed by atoms with Crippen molar-refractivity contribution in [3.8, 4) is 23.5 Å². The van der Waals surface area contributed by atoms with E-state index >= 15 is 0 Å². The predicted octanol–water partition coefficient (Wildman–Crippen LogP) is 2.88. The van der Waals surface area contributed by atoms with Gasteiger partial charge in [-0.15, -0.1) is 6.42 Å². The van der Waals surface area contributed by atoms with Crippen molar-refractivity contribution in [3.05, 3.63) is 59.7 Å². The summed E-state index contributed by atoms with van der Waals surface area (Å²) < 4.78 is 32.1. The number of alkyl carbamates (subject to hydrolysis) is 1. The summed E-state index contributed by atoms with van der Waals surface area (Å²) in [5, 5.41) is 17.0. The van der Waals surface area contributed by atoms with E-state index in [1.165, 1.54) is 0 Å². The zero-order valence-electron chi connectivity index (χ0n) is 29.6. The average molecular weight is 726 g/mol. The molecule has 52 heavy (non-hydrogen) atoms. The molecule has 1 unspecified atom stereocenters. The van der Waals surface area contributed by atoms with Crippen LogP contribution in [0.5, 0.6) is 0 Å². The van der Waals surface area contributed by atoms with E-state index < -0.39 is 18.1 Å². The Morgan fingerprint density at radius 2 is 1.29 bits per heavy atom. The Morgan fingerprint density at radius 1 is 0.712 bits per heavy atom. The van der Waals surface area contributed by atoms with Crippen molar-refractivity contribution in [2.24, 2.45) is 0 Å². The molecule has 0 heterocycles. The van der Waals surface area contributed by atoms with Crippen molar-refractivity contribution in [2.45, 2.75) is 44.1 Å². The van der Waals surface area contributed by atoms with Crippen LogP contribution in [0, 0.1) is 12.3 Å². The lowest BCUT2D eigenvalue weighted by Gasteiger charge is -2.19. The Balaban J connectivity index is 1.34.